The number of thioether (sulfide) groups is 1. The molecule has 2 aromatic heterocycles. The summed E-state index contributed by atoms with van der Waals surface area (Å²) >= 11 is 5.17. The zero-order valence-corrected chi connectivity index (χ0v) is 15.8. The van der Waals surface area contributed by atoms with Gasteiger partial charge in [0.1, 0.15) is 5.75 Å². The molecule has 0 bridgehead atoms. The Morgan fingerprint density at radius 1 is 1.25 bits per heavy atom. The Labute approximate surface area is 153 Å². The second-order valence-electron chi connectivity index (χ2n) is 5.19. The zero-order valence-electron chi connectivity index (χ0n) is 13.4. The molecule has 0 unspecified atom stereocenters. The summed E-state index contributed by atoms with van der Waals surface area (Å²) in [7, 11) is 1.67. The van der Waals surface area contributed by atoms with Crippen LogP contribution in [0.3, 0.4) is 0 Å². The van der Waals surface area contributed by atoms with E-state index in [0.717, 1.165) is 38.8 Å². The van der Waals surface area contributed by atoms with Crippen LogP contribution in [-0.4, -0.2) is 33.1 Å². The zero-order chi connectivity index (χ0) is 16.9. The number of methoxy groups -OCH3 is 1. The maximum absolute atomic E-state index is 5.30. The van der Waals surface area contributed by atoms with E-state index in [4.69, 9.17) is 4.74 Å². The average Bonchev–Trinajstić information content (AvgIpc) is 2.98. The van der Waals surface area contributed by atoms with Gasteiger partial charge < -0.3 is 4.74 Å². The number of ether oxygens (including phenoxy) is 1. The summed E-state index contributed by atoms with van der Waals surface area (Å²) in [5.74, 6) is 3.25. The van der Waals surface area contributed by atoms with Gasteiger partial charge in [0.2, 0.25) is 0 Å². The van der Waals surface area contributed by atoms with Gasteiger partial charge in [-0.2, -0.15) is 16.9 Å². The van der Waals surface area contributed by atoms with E-state index in [1.54, 1.807) is 31.3 Å². The van der Waals surface area contributed by atoms with Gasteiger partial charge in [0.25, 0.3) is 0 Å². The third kappa shape index (κ3) is 3.96. The molecule has 1 aromatic carbocycles. The standard InChI is InChI=1S/C17H17BrN4OS/c1-23-15-5-3-4-12(6-15)10-22-17(20-16(21-22)11-24-2)13-7-14(18)9-19-8-13/h3-9H,10-11H2,1-2H3. The van der Waals surface area contributed by atoms with Crippen LogP contribution in [0, 0.1) is 0 Å². The van der Waals surface area contributed by atoms with Crippen molar-refractivity contribution in [3.63, 3.8) is 0 Å². The molecule has 0 N–H and O–H groups in total. The lowest BCUT2D eigenvalue weighted by molar-refractivity contribution is 0.414. The minimum Gasteiger partial charge on any atom is -0.497 e. The van der Waals surface area contributed by atoms with E-state index >= 15 is 0 Å². The van der Waals surface area contributed by atoms with Crippen LogP contribution in [0.1, 0.15) is 11.4 Å². The lowest BCUT2D eigenvalue weighted by Crippen LogP contribution is -2.05. The summed E-state index contributed by atoms with van der Waals surface area (Å²) in [6.45, 7) is 0.625. The molecule has 3 aromatic rings. The topological polar surface area (TPSA) is 52.8 Å². The molecule has 0 aliphatic rings. The van der Waals surface area contributed by atoms with Gasteiger partial charge in [-0.25, -0.2) is 9.67 Å². The molecule has 5 nitrogen and oxygen atoms in total. The molecule has 0 atom stereocenters. The van der Waals surface area contributed by atoms with Crippen LogP contribution in [0.5, 0.6) is 5.75 Å². The van der Waals surface area contributed by atoms with Crippen molar-refractivity contribution in [2.24, 2.45) is 0 Å². The monoisotopic (exact) mass is 404 g/mol. The fourth-order valence-electron chi connectivity index (χ4n) is 2.38. The Balaban J connectivity index is 1.99. The predicted octanol–water partition coefficient (Wildman–Crippen LogP) is 4.02. The Morgan fingerprint density at radius 2 is 2.12 bits per heavy atom. The van der Waals surface area contributed by atoms with E-state index in [2.05, 4.69) is 37.1 Å². The first-order valence-corrected chi connectivity index (χ1v) is 9.55. The Hall–Kier alpha value is -1.86. The summed E-state index contributed by atoms with van der Waals surface area (Å²) in [5, 5.41) is 4.66. The summed E-state index contributed by atoms with van der Waals surface area (Å²) < 4.78 is 8.14. The first-order valence-electron chi connectivity index (χ1n) is 7.36. The maximum Gasteiger partial charge on any atom is 0.161 e. The fourth-order valence-corrected chi connectivity index (χ4v) is 3.13. The fraction of sp³-hybridized carbons (Fsp3) is 0.235. The Kier molecular flexibility index (Phi) is 5.52. The summed E-state index contributed by atoms with van der Waals surface area (Å²) in [4.78, 5) is 8.93. The van der Waals surface area contributed by atoms with Crippen LogP contribution in [0.2, 0.25) is 0 Å². The maximum atomic E-state index is 5.30. The molecule has 124 valence electrons. The lowest BCUT2D eigenvalue weighted by Gasteiger charge is -2.08. The SMILES string of the molecule is COc1cccc(Cn2nc(CSC)nc2-c2cncc(Br)c2)c1. The van der Waals surface area contributed by atoms with E-state index in [1.807, 2.05) is 35.2 Å². The Bertz CT molecular complexity index is 837. The van der Waals surface area contributed by atoms with Crippen molar-refractivity contribution in [2.45, 2.75) is 12.3 Å². The van der Waals surface area contributed by atoms with Crippen LogP contribution in [-0.2, 0) is 12.3 Å². The van der Waals surface area contributed by atoms with Crippen molar-refractivity contribution in [3.8, 4) is 17.1 Å². The number of pyridine rings is 1. The van der Waals surface area contributed by atoms with Crippen molar-refractivity contribution in [2.75, 3.05) is 13.4 Å². The van der Waals surface area contributed by atoms with Crippen molar-refractivity contribution < 1.29 is 4.74 Å². The lowest BCUT2D eigenvalue weighted by atomic mass is 10.2. The summed E-state index contributed by atoms with van der Waals surface area (Å²) in [6.07, 6.45) is 5.61. The van der Waals surface area contributed by atoms with Gasteiger partial charge in [-0.05, 0) is 45.9 Å². The number of benzene rings is 1. The number of hydrogen-bond donors (Lipinski definition) is 0. The Morgan fingerprint density at radius 3 is 2.88 bits per heavy atom. The number of rotatable bonds is 6. The average molecular weight is 405 g/mol. The van der Waals surface area contributed by atoms with Crippen molar-refractivity contribution in [1.82, 2.24) is 19.7 Å². The van der Waals surface area contributed by atoms with Crippen molar-refractivity contribution in [1.29, 1.82) is 0 Å². The molecule has 7 heteroatoms. The molecule has 0 spiro atoms. The van der Waals surface area contributed by atoms with Gasteiger partial charge in [0, 0.05) is 22.4 Å². The van der Waals surface area contributed by atoms with Gasteiger partial charge in [0.05, 0.1) is 19.4 Å². The molecule has 0 saturated heterocycles. The molecule has 0 amide bonds. The molecule has 2 heterocycles. The van der Waals surface area contributed by atoms with Crippen LogP contribution in [0.15, 0.2) is 47.2 Å². The van der Waals surface area contributed by atoms with E-state index in [9.17, 15) is 0 Å². The first-order chi connectivity index (χ1) is 11.7. The molecule has 0 radical (unpaired) electrons. The summed E-state index contributed by atoms with van der Waals surface area (Å²) in [6, 6.07) is 9.99. The highest BCUT2D eigenvalue weighted by Gasteiger charge is 2.13. The van der Waals surface area contributed by atoms with Crippen LogP contribution >= 0.6 is 27.7 Å². The number of aromatic nitrogens is 4. The molecule has 3 rings (SSSR count). The minimum atomic E-state index is 0.625. The third-order valence-corrected chi connectivity index (χ3v) is 4.40. The van der Waals surface area contributed by atoms with Crippen LogP contribution < -0.4 is 4.74 Å². The van der Waals surface area contributed by atoms with Crippen LogP contribution in [0.25, 0.3) is 11.4 Å². The molecule has 24 heavy (non-hydrogen) atoms. The highest BCUT2D eigenvalue weighted by molar-refractivity contribution is 9.10. The van der Waals surface area contributed by atoms with E-state index in [-0.39, 0.29) is 0 Å². The first kappa shape index (κ1) is 17.0. The number of hydrogen-bond acceptors (Lipinski definition) is 5. The second kappa shape index (κ2) is 7.81. The van der Waals surface area contributed by atoms with Crippen molar-refractivity contribution >= 4 is 27.7 Å². The second-order valence-corrected chi connectivity index (χ2v) is 6.97. The third-order valence-electron chi connectivity index (χ3n) is 3.42. The van der Waals surface area contributed by atoms with E-state index < -0.39 is 0 Å². The molecule has 0 fully saturated rings. The van der Waals surface area contributed by atoms with Gasteiger partial charge in [0.15, 0.2) is 11.6 Å². The normalized spacial score (nSPS) is 10.8. The largest absolute Gasteiger partial charge is 0.497 e. The number of nitrogens with zero attached hydrogens (tertiary/aromatic N) is 4. The quantitative estimate of drug-likeness (QED) is 0.620. The molecule has 0 aliphatic carbocycles. The molecular formula is C17H17BrN4OS. The number of halogens is 1. The van der Waals surface area contributed by atoms with E-state index in [0.29, 0.717) is 6.54 Å². The minimum absolute atomic E-state index is 0.625. The van der Waals surface area contributed by atoms with Gasteiger partial charge in [-0.15, -0.1) is 0 Å². The summed E-state index contributed by atoms with van der Waals surface area (Å²) in [5.41, 5.74) is 2.05. The molecular weight excluding hydrogens is 388 g/mol. The van der Waals surface area contributed by atoms with Crippen molar-refractivity contribution in [3.05, 3.63) is 58.6 Å². The molecule has 0 saturated carbocycles. The predicted molar refractivity (Wildman–Crippen MR) is 100 cm³/mol. The van der Waals surface area contributed by atoms with Gasteiger partial charge in [-0.1, -0.05) is 12.1 Å². The molecule has 0 aliphatic heterocycles. The smallest absolute Gasteiger partial charge is 0.161 e. The highest BCUT2D eigenvalue weighted by Crippen LogP contribution is 2.23. The van der Waals surface area contributed by atoms with Crippen LogP contribution in [0.4, 0.5) is 0 Å². The van der Waals surface area contributed by atoms with Gasteiger partial charge in [-0.3, -0.25) is 4.98 Å². The highest BCUT2D eigenvalue weighted by atomic mass is 79.9. The van der Waals surface area contributed by atoms with E-state index in [1.165, 1.54) is 0 Å². The van der Waals surface area contributed by atoms with Gasteiger partial charge >= 0.3 is 0 Å².